The van der Waals surface area contributed by atoms with Gasteiger partial charge in [0.25, 0.3) is 5.91 Å². The quantitative estimate of drug-likeness (QED) is 0.438. The van der Waals surface area contributed by atoms with Crippen molar-refractivity contribution in [3.63, 3.8) is 0 Å². The van der Waals surface area contributed by atoms with E-state index < -0.39 is 6.04 Å². The van der Waals surface area contributed by atoms with E-state index in [9.17, 15) is 19.6 Å². The summed E-state index contributed by atoms with van der Waals surface area (Å²) in [6, 6.07) is 10.4. The molecule has 2 fully saturated rings. The van der Waals surface area contributed by atoms with E-state index in [1.807, 2.05) is 39.0 Å². The van der Waals surface area contributed by atoms with Gasteiger partial charge in [0.05, 0.1) is 23.4 Å². The van der Waals surface area contributed by atoms with E-state index >= 15 is 0 Å². The molecule has 1 saturated carbocycles. The van der Waals surface area contributed by atoms with Gasteiger partial charge < -0.3 is 4.90 Å². The van der Waals surface area contributed by atoms with Crippen LogP contribution in [0.3, 0.4) is 0 Å². The zero-order valence-corrected chi connectivity index (χ0v) is 21.2. The lowest BCUT2D eigenvalue weighted by Gasteiger charge is -2.37. The average molecular weight is 491 g/mol. The Balaban J connectivity index is 1.59. The number of carbonyl (C=O) groups excluding carboxylic acids is 3. The van der Waals surface area contributed by atoms with Crippen molar-refractivity contribution >= 4 is 35.2 Å². The second-order valence-corrected chi connectivity index (χ2v) is 10.3. The van der Waals surface area contributed by atoms with Gasteiger partial charge in [-0.1, -0.05) is 48.7 Å². The minimum Gasteiger partial charge on any atom is -0.326 e. The van der Waals surface area contributed by atoms with E-state index in [-0.39, 0.29) is 35.9 Å². The zero-order chi connectivity index (χ0) is 25.1. The SMILES string of the molecule is Cc1ccc(N2C(=O)CC(N(C(=O)CSc3nc(C)cc(C)c3C#N)C3CCCCC3)C2=O)cc1. The van der Waals surface area contributed by atoms with Crippen molar-refractivity contribution in [1.82, 2.24) is 9.88 Å². The molecule has 1 aromatic heterocycles. The predicted molar refractivity (Wildman–Crippen MR) is 135 cm³/mol. The van der Waals surface area contributed by atoms with Crippen molar-refractivity contribution in [1.29, 1.82) is 5.26 Å². The molecule has 7 nitrogen and oxygen atoms in total. The number of nitrogens with zero attached hydrogens (tertiary/aromatic N) is 4. The molecular weight excluding hydrogens is 460 g/mol. The van der Waals surface area contributed by atoms with E-state index in [1.165, 1.54) is 16.7 Å². The Morgan fingerprint density at radius 3 is 2.49 bits per heavy atom. The number of aryl methyl sites for hydroxylation is 3. The first kappa shape index (κ1) is 24.9. The molecule has 3 amide bonds. The number of imide groups is 1. The molecule has 8 heteroatoms. The Morgan fingerprint density at radius 2 is 1.83 bits per heavy atom. The molecule has 1 aliphatic heterocycles. The van der Waals surface area contributed by atoms with Crippen LogP contribution in [-0.4, -0.2) is 45.4 Å². The molecule has 1 aliphatic carbocycles. The normalized spacial score (nSPS) is 18.6. The lowest BCUT2D eigenvalue weighted by molar-refractivity contribution is -0.139. The highest BCUT2D eigenvalue weighted by molar-refractivity contribution is 8.00. The summed E-state index contributed by atoms with van der Waals surface area (Å²) in [5.74, 6) is -0.759. The third-order valence-electron chi connectivity index (χ3n) is 6.76. The number of amides is 3. The van der Waals surface area contributed by atoms with Crippen LogP contribution in [-0.2, 0) is 14.4 Å². The summed E-state index contributed by atoms with van der Waals surface area (Å²) >= 11 is 1.23. The van der Waals surface area contributed by atoms with Crippen molar-refractivity contribution in [2.45, 2.75) is 76.4 Å². The Bertz CT molecular complexity index is 1180. The molecule has 35 heavy (non-hydrogen) atoms. The number of hydrogen-bond acceptors (Lipinski definition) is 6. The number of hydrogen-bond donors (Lipinski definition) is 0. The molecular formula is C27H30N4O3S. The van der Waals surface area contributed by atoms with Crippen LogP contribution in [0.1, 0.15) is 60.9 Å². The molecule has 0 N–H and O–H groups in total. The molecule has 2 aliphatic rings. The van der Waals surface area contributed by atoms with Crippen molar-refractivity contribution < 1.29 is 14.4 Å². The van der Waals surface area contributed by atoms with Gasteiger partial charge >= 0.3 is 0 Å². The fraction of sp³-hybridized carbons (Fsp3) is 0.444. The minimum absolute atomic E-state index is 0.00906. The standard InChI is InChI=1S/C27H30N4O3S/c1-17-9-11-21(12-10-17)31-24(32)14-23(27(31)34)30(20-7-5-4-6-8-20)25(33)16-35-26-22(15-28)18(2)13-19(3)29-26/h9-13,20,23H,4-8,14,16H2,1-3H3. The smallest absolute Gasteiger partial charge is 0.257 e. The molecule has 0 bridgehead atoms. The van der Waals surface area contributed by atoms with E-state index in [1.54, 1.807) is 17.0 Å². The summed E-state index contributed by atoms with van der Waals surface area (Å²) in [4.78, 5) is 47.4. The third-order valence-corrected chi connectivity index (χ3v) is 7.72. The number of thioether (sulfide) groups is 1. The topological polar surface area (TPSA) is 94.4 Å². The highest BCUT2D eigenvalue weighted by Gasteiger charge is 2.46. The second-order valence-electron chi connectivity index (χ2n) is 9.38. The van der Waals surface area contributed by atoms with Crippen LogP contribution in [0.15, 0.2) is 35.4 Å². The van der Waals surface area contributed by atoms with Crippen molar-refractivity contribution in [3.05, 3.63) is 52.7 Å². The maximum absolute atomic E-state index is 13.6. The number of carbonyl (C=O) groups is 3. The average Bonchev–Trinajstić information content (AvgIpc) is 3.12. The lowest BCUT2D eigenvalue weighted by Crippen LogP contribution is -2.52. The predicted octanol–water partition coefficient (Wildman–Crippen LogP) is 4.46. The molecule has 2 aromatic rings. The zero-order valence-electron chi connectivity index (χ0n) is 20.4. The fourth-order valence-corrected chi connectivity index (χ4v) is 6.01. The van der Waals surface area contributed by atoms with Crippen LogP contribution in [0.2, 0.25) is 0 Å². The largest absolute Gasteiger partial charge is 0.326 e. The lowest BCUT2D eigenvalue weighted by atomic mass is 9.92. The van der Waals surface area contributed by atoms with E-state index in [2.05, 4.69) is 11.1 Å². The maximum Gasteiger partial charge on any atom is 0.257 e. The van der Waals surface area contributed by atoms with Crippen molar-refractivity contribution in [2.24, 2.45) is 0 Å². The number of anilines is 1. The molecule has 182 valence electrons. The first-order valence-corrected chi connectivity index (χ1v) is 13.0. The Morgan fingerprint density at radius 1 is 1.14 bits per heavy atom. The molecule has 1 aromatic carbocycles. The highest BCUT2D eigenvalue weighted by Crippen LogP contribution is 2.32. The maximum atomic E-state index is 13.6. The molecule has 0 radical (unpaired) electrons. The van der Waals surface area contributed by atoms with Gasteiger partial charge in [0.15, 0.2) is 0 Å². The van der Waals surface area contributed by atoms with Gasteiger partial charge in [-0.05, 0) is 57.4 Å². The first-order valence-electron chi connectivity index (χ1n) is 12.1. The molecule has 4 rings (SSSR count). The van der Waals surface area contributed by atoms with E-state index in [0.717, 1.165) is 48.9 Å². The van der Waals surface area contributed by atoms with Crippen LogP contribution >= 0.6 is 11.8 Å². The van der Waals surface area contributed by atoms with Gasteiger partial charge in [0, 0.05) is 11.7 Å². The summed E-state index contributed by atoms with van der Waals surface area (Å²) in [5.41, 5.74) is 3.65. The van der Waals surface area contributed by atoms with Crippen LogP contribution in [0.4, 0.5) is 5.69 Å². The monoisotopic (exact) mass is 490 g/mol. The minimum atomic E-state index is -0.803. The Hall–Kier alpha value is -3.18. The number of benzene rings is 1. The van der Waals surface area contributed by atoms with Crippen LogP contribution < -0.4 is 4.90 Å². The number of nitriles is 1. The summed E-state index contributed by atoms with van der Waals surface area (Å²) in [7, 11) is 0. The summed E-state index contributed by atoms with van der Waals surface area (Å²) in [5, 5.41) is 10.1. The van der Waals surface area contributed by atoms with Gasteiger partial charge in [-0.15, -0.1) is 0 Å². The van der Waals surface area contributed by atoms with Gasteiger partial charge in [-0.25, -0.2) is 9.88 Å². The second kappa shape index (κ2) is 10.6. The highest BCUT2D eigenvalue weighted by atomic mass is 32.2. The number of pyridine rings is 1. The Kier molecular flexibility index (Phi) is 7.56. The molecule has 0 spiro atoms. The molecule has 1 saturated heterocycles. The van der Waals surface area contributed by atoms with Gasteiger partial charge in [0.2, 0.25) is 11.8 Å². The van der Waals surface area contributed by atoms with Gasteiger partial charge in [0.1, 0.15) is 17.1 Å². The molecule has 2 heterocycles. The van der Waals surface area contributed by atoms with Crippen molar-refractivity contribution in [3.8, 4) is 6.07 Å². The summed E-state index contributed by atoms with van der Waals surface area (Å²) in [6.45, 7) is 5.66. The molecule has 1 atom stereocenters. The summed E-state index contributed by atoms with van der Waals surface area (Å²) < 4.78 is 0. The van der Waals surface area contributed by atoms with Gasteiger partial charge in [-0.3, -0.25) is 14.4 Å². The van der Waals surface area contributed by atoms with E-state index in [0.29, 0.717) is 16.3 Å². The van der Waals surface area contributed by atoms with Crippen molar-refractivity contribution in [2.75, 3.05) is 10.7 Å². The Labute approximate surface area is 210 Å². The fourth-order valence-electron chi connectivity index (χ4n) is 5.04. The summed E-state index contributed by atoms with van der Waals surface area (Å²) in [6.07, 6.45) is 4.74. The number of rotatable bonds is 6. The van der Waals surface area contributed by atoms with Crippen LogP contribution in [0.5, 0.6) is 0 Å². The molecule has 1 unspecified atom stereocenters. The third kappa shape index (κ3) is 5.25. The van der Waals surface area contributed by atoms with Crippen LogP contribution in [0, 0.1) is 32.1 Å². The first-order chi connectivity index (χ1) is 16.8. The van der Waals surface area contributed by atoms with E-state index in [4.69, 9.17) is 0 Å². The van der Waals surface area contributed by atoms with Gasteiger partial charge in [-0.2, -0.15) is 5.26 Å². The number of aromatic nitrogens is 1. The van der Waals surface area contributed by atoms with Crippen LogP contribution in [0.25, 0.3) is 0 Å².